The number of carbonyl (C=O) groups excluding carboxylic acids is 1. The Bertz CT molecular complexity index is 877. The monoisotopic (exact) mass is 373 g/mol. The van der Waals surface area contributed by atoms with E-state index in [0.29, 0.717) is 18.7 Å². The maximum Gasteiger partial charge on any atom is 0.229 e. The van der Waals surface area contributed by atoms with E-state index in [1.54, 1.807) is 12.3 Å². The van der Waals surface area contributed by atoms with Crippen molar-refractivity contribution in [2.75, 3.05) is 28.8 Å². The van der Waals surface area contributed by atoms with Crippen LogP contribution in [0.1, 0.15) is 17.5 Å². The Morgan fingerprint density at radius 1 is 1.23 bits per heavy atom. The SMILES string of the molecule is Cc1ccc(CC(=O)Nc2ccc(N(C)C3CCS(=O)(=O)C3)cn2)cc1. The largest absolute Gasteiger partial charge is 0.369 e. The van der Waals surface area contributed by atoms with E-state index in [1.807, 2.05) is 49.2 Å². The van der Waals surface area contributed by atoms with Crippen LogP contribution in [-0.4, -0.2) is 43.9 Å². The summed E-state index contributed by atoms with van der Waals surface area (Å²) in [6.07, 6.45) is 2.59. The van der Waals surface area contributed by atoms with E-state index in [1.165, 1.54) is 0 Å². The lowest BCUT2D eigenvalue weighted by molar-refractivity contribution is -0.115. The summed E-state index contributed by atoms with van der Waals surface area (Å²) in [5.74, 6) is 0.781. The molecule has 26 heavy (non-hydrogen) atoms. The van der Waals surface area contributed by atoms with E-state index in [9.17, 15) is 13.2 Å². The normalized spacial score (nSPS) is 18.5. The summed E-state index contributed by atoms with van der Waals surface area (Å²) in [6.45, 7) is 2.01. The van der Waals surface area contributed by atoms with Crippen molar-refractivity contribution < 1.29 is 13.2 Å². The van der Waals surface area contributed by atoms with Crippen molar-refractivity contribution in [2.45, 2.75) is 25.8 Å². The summed E-state index contributed by atoms with van der Waals surface area (Å²) < 4.78 is 23.3. The molecule has 6 nitrogen and oxygen atoms in total. The molecule has 0 saturated carbocycles. The van der Waals surface area contributed by atoms with Gasteiger partial charge in [-0.25, -0.2) is 13.4 Å². The summed E-state index contributed by atoms with van der Waals surface area (Å²) in [7, 11) is -1.05. The van der Waals surface area contributed by atoms with Gasteiger partial charge in [0.2, 0.25) is 5.91 Å². The number of rotatable bonds is 5. The molecule has 0 spiro atoms. The van der Waals surface area contributed by atoms with Crippen LogP contribution in [0.2, 0.25) is 0 Å². The Labute approximate surface area is 154 Å². The van der Waals surface area contributed by atoms with Gasteiger partial charge in [-0.2, -0.15) is 0 Å². The minimum Gasteiger partial charge on any atom is -0.369 e. The molecule has 0 bridgehead atoms. The van der Waals surface area contributed by atoms with Gasteiger partial charge >= 0.3 is 0 Å². The smallest absolute Gasteiger partial charge is 0.229 e. The van der Waals surface area contributed by atoms with Crippen molar-refractivity contribution >= 4 is 27.2 Å². The summed E-state index contributed by atoms with van der Waals surface area (Å²) >= 11 is 0. The highest BCUT2D eigenvalue weighted by molar-refractivity contribution is 7.91. The number of benzene rings is 1. The number of nitrogens with zero attached hydrogens (tertiary/aromatic N) is 2. The van der Waals surface area contributed by atoms with Crippen LogP contribution in [0, 0.1) is 6.92 Å². The highest BCUT2D eigenvalue weighted by Gasteiger charge is 2.30. The van der Waals surface area contributed by atoms with E-state index in [-0.39, 0.29) is 23.5 Å². The van der Waals surface area contributed by atoms with Gasteiger partial charge in [0.1, 0.15) is 5.82 Å². The molecule has 1 atom stereocenters. The molecule has 1 amide bonds. The standard InChI is InChI=1S/C19H23N3O3S/c1-14-3-5-15(6-4-14)11-19(23)21-18-8-7-16(12-20-18)22(2)17-9-10-26(24,25)13-17/h3-8,12,17H,9-11,13H2,1-2H3,(H,20,21,23). The zero-order chi connectivity index (χ0) is 18.7. The van der Waals surface area contributed by atoms with E-state index in [4.69, 9.17) is 0 Å². The fraction of sp³-hybridized carbons (Fsp3) is 0.368. The molecule has 1 aromatic carbocycles. The molecular weight excluding hydrogens is 350 g/mol. The van der Waals surface area contributed by atoms with Gasteiger partial charge in [-0.3, -0.25) is 4.79 Å². The molecule has 7 heteroatoms. The second-order valence-corrected chi connectivity index (χ2v) is 9.01. The van der Waals surface area contributed by atoms with Gasteiger partial charge in [-0.15, -0.1) is 0 Å². The first-order valence-corrected chi connectivity index (χ1v) is 10.4. The lowest BCUT2D eigenvalue weighted by Gasteiger charge is -2.25. The number of anilines is 2. The van der Waals surface area contributed by atoms with E-state index < -0.39 is 9.84 Å². The molecule has 1 unspecified atom stereocenters. The predicted molar refractivity (Wildman–Crippen MR) is 103 cm³/mol. The van der Waals surface area contributed by atoms with Crippen LogP contribution in [0.4, 0.5) is 11.5 Å². The number of aromatic nitrogens is 1. The van der Waals surface area contributed by atoms with Crippen LogP contribution in [-0.2, 0) is 21.1 Å². The fourth-order valence-electron chi connectivity index (χ4n) is 3.04. The van der Waals surface area contributed by atoms with Gasteiger partial charge in [0.25, 0.3) is 0 Å². The summed E-state index contributed by atoms with van der Waals surface area (Å²) in [6, 6.07) is 11.4. The third-order valence-electron chi connectivity index (χ3n) is 4.66. The van der Waals surface area contributed by atoms with Crippen LogP contribution >= 0.6 is 0 Å². The highest BCUT2D eigenvalue weighted by atomic mass is 32.2. The van der Waals surface area contributed by atoms with Crippen molar-refractivity contribution in [3.63, 3.8) is 0 Å². The molecule has 1 fully saturated rings. The Hall–Kier alpha value is -2.41. The Morgan fingerprint density at radius 2 is 1.96 bits per heavy atom. The summed E-state index contributed by atoms with van der Waals surface area (Å²) in [5, 5.41) is 2.79. The zero-order valence-electron chi connectivity index (χ0n) is 15.0. The van der Waals surface area contributed by atoms with E-state index >= 15 is 0 Å². The van der Waals surface area contributed by atoms with Crippen molar-refractivity contribution in [2.24, 2.45) is 0 Å². The van der Waals surface area contributed by atoms with Crippen LogP contribution in [0.3, 0.4) is 0 Å². The first-order valence-electron chi connectivity index (χ1n) is 8.57. The van der Waals surface area contributed by atoms with Crippen LogP contribution < -0.4 is 10.2 Å². The maximum absolute atomic E-state index is 12.1. The number of hydrogen-bond acceptors (Lipinski definition) is 5. The van der Waals surface area contributed by atoms with Gasteiger partial charge < -0.3 is 10.2 Å². The minimum absolute atomic E-state index is 0.0243. The molecule has 1 saturated heterocycles. The minimum atomic E-state index is -2.92. The molecule has 2 aromatic rings. The molecule has 2 heterocycles. The summed E-state index contributed by atoms with van der Waals surface area (Å²) in [4.78, 5) is 18.4. The molecule has 0 aliphatic carbocycles. The van der Waals surface area contributed by atoms with Crippen molar-refractivity contribution in [1.29, 1.82) is 0 Å². The van der Waals surface area contributed by atoms with Crippen molar-refractivity contribution in [1.82, 2.24) is 4.98 Å². The first kappa shape index (κ1) is 18.4. The molecule has 1 N–H and O–H groups in total. The number of hydrogen-bond donors (Lipinski definition) is 1. The predicted octanol–water partition coefficient (Wildman–Crippen LogP) is 2.19. The number of carbonyl (C=O) groups is 1. The molecule has 0 radical (unpaired) electrons. The Kier molecular flexibility index (Phi) is 5.27. The molecule has 1 aromatic heterocycles. The maximum atomic E-state index is 12.1. The molecule has 1 aliphatic heterocycles. The number of nitrogens with one attached hydrogen (secondary N) is 1. The Balaban J connectivity index is 1.58. The van der Waals surface area contributed by atoms with Gasteiger partial charge in [-0.1, -0.05) is 29.8 Å². The molecule has 1 aliphatic rings. The number of sulfone groups is 1. The fourth-order valence-corrected chi connectivity index (χ4v) is 4.81. The third-order valence-corrected chi connectivity index (χ3v) is 6.41. The lowest BCUT2D eigenvalue weighted by Crippen LogP contribution is -2.32. The zero-order valence-corrected chi connectivity index (χ0v) is 15.8. The van der Waals surface area contributed by atoms with E-state index in [0.717, 1.165) is 16.8 Å². The highest BCUT2D eigenvalue weighted by Crippen LogP contribution is 2.23. The Morgan fingerprint density at radius 3 is 2.54 bits per heavy atom. The molecular formula is C19H23N3O3S. The van der Waals surface area contributed by atoms with Gasteiger partial charge in [0.15, 0.2) is 9.84 Å². The second-order valence-electron chi connectivity index (χ2n) is 6.78. The topological polar surface area (TPSA) is 79.4 Å². The number of pyridine rings is 1. The second kappa shape index (κ2) is 7.45. The van der Waals surface area contributed by atoms with Crippen LogP contribution in [0.15, 0.2) is 42.6 Å². The van der Waals surface area contributed by atoms with Gasteiger partial charge in [0, 0.05) is 13.1 Å². The molecule has 3 rings (SSSR count). The molecule has 138 valence electrons. The van der Waals surface area contributed by atoms with Crippen molar-refractivity contribution in [3.8, 4) is 0 Å². The lowest BCUT2D eigenvalue weighted by atomic mass is 10.1. The number of amides is 1. The van der Waals surface area contributed by atoms with E-state index in [2.05, 4.69) is 10.3 Å². The number of aryl methyl sites for hydroxylation is 1. The third kappa shape index (κ3) is 4.60. The summed E-state index contributed by atoms with van der Waals surface area (Å²) in [5.41, 5.74) is 2.95. The first-order chi connectivity index (χ1) is 12.3. The van der Waals surface area contributed by atoms with Crippen molar-refractivity contribution in [3.05, 3.63) is 53.7 Å². The average molecular weight is 373 g/mol. The van der Waals surface area contributed by atoms with Crippen LogP contribution in [0.25, 0.3) is 0 Å². The van der Waals surface area contributed by atoms with Gasteiger partial charge in [-0.05, 0) is 31.0 Å². The van der Waals surface area contributed by atoms with Gasteiger partial charge in [0.05, 0.1) is 29.8 Å². The quantitative estimate of drug-likeness (QED) is 0.869. The van der Waals surface area contributed by atoms with Crippen LogP contribution in [0.5, 0.6) is 0 Å². The average Bonchev–Trinajstić information content (AvgIpc) is 2.97.